The van der Waals surface area contributed by atoms with Crippen molar-refractivity contribution in [2.24, 2.45) is 0 Å². The zero-order chi connectivity index (χ0) is 13.1. The van der Waals surface area contributed by atoms with Gasteiger partial charge in [-0.2, -0.15) is 0 Å². The molecule has 0 fully saturated rings. The number of hydrogen-bond acceptors (Lipinski definition) is 2. The first-order chi connectivity index (χ1) is 8.58. The monoisotopic (exact) mass is 313 g/mol. The highest BCUT2D eigenvalue weighted by molar-refractivity contribution is 9.10. The Labute approximate surface area is 112 Å². The molecule has 0 radical (unpaired) electrons. The highest BCUT2D eigenvalue weighted by atomic mass is 79.9. The highest BCUT2D eigenvalue weighted by Gasteiger charge is 2.10. The molecule has 18 heavy (non-hydrogen) atoms. The van der Waals surface area contributed by atoms with Gasteiger partial charge in [0.15, 0.2) is 5.75 Å². The Morgan fingerprint density at radius 3 is 2.56 bits per heavy atom. The summed E-state index contributed by atoms with van der Waals surface area (Å²) < 4.78 is 32.2. The van der Waals surface area contributed by atoms with Gasteiger partial charge in [-0.15, -0.1) is 0 Å². The number of nitrogen functional groups attached to an aromatic ring is 1. The molecule has 0 spiro atoms. The van der Waals surface area contributed by atoms with Crippen molar-refractivity contribution in [3.8, 4) is 5.75 Å². The van der Waals surface area contributed by atoms with E-state index < -0.39 is 5.82 Å². The third-order valence-electron chi connectivity index (χ3n) is 2.37. The first kappa shape index (κ1) is 12.8. The number of nitrogens with two attached hydrogens (primary N) is 1. The SMILES string of the molecule is Nc1cc(F)cc(Br)c1OCc1ccccc1F. The van der Waals surface area contributed by atoms with Crippen LogP contribution in [0.15, 0.2) is 40.9 Å². The fraction of sp³-hybridized carbons (Fsp3) is 0.0769. The van der Waals surface area contributed by atoms with Crippen LogP contribution in [0.25, 0.3) is 0 Å². The molecule has 0 bridgehead atoms. The number of ether oxygens (including phenoxy) is 1. The van der Waals surface area contributed by atoms with E-state index in [4.69, 9.17) is 10.5 Å². The minimum atomic E-state index is -0.461. The van der Waals surface area contributed by atoms with E-state index in [1.54, 1.807) is 18.2 Å². The number of rotatable bonds is 3. The van der Waals surface area contributed by atoms with Gasteiger partial charge in [0.1, 0.15) is 18.2 Å². The number of anilines is 1. The summed E-state index contributed by atoms with van der Waals surface area (Å²) >= 11 is 3.15. The van der Waals surface area contributed by atoms with Gasteiger partial charge in [-0.25, -0.2) is 8.78 Å². The molecule has 0 saturated heterocycles. The van der Waals surface area contributed by atoms with E-state index in [9.17, 15) is 8.78 Å². The molecule has 0 amide bonds. The van der Waals surface area contributed by atoms with Crippen molar-refractivity contribution in [2.75, 3.05) is 5.73 Å². The molecular weight excluding hydrogens is 304 g/mol. The van der Waals surface area contributed by atoms with Crippen molar-refractivity contribution >= 4 is 21.6 Å². The van der Waals surface area contributed by atoms with Crippen LogP contribution in [-0.4, -0.2) is 0 Å². The predicted octanol–water partition coefficient (Wildman–Crippen LogP) is 3.89. The van der Waals surface area contributed by atoms with Gasteiger partial charge < -0.3 is 10.5 Å². The van der Waals surface area contributed by atoms with Gasteiger partial charge in [0.25, 0.3) is 0 Å². The lowest BCUT2D eigenvalue weighted by molar-refractivity contribution is 0.299. The van der Waals surface area contributed by atoms with E-state index in [-0.39, 0.29) is 18.1 Å². The molecule has 2 aromatic rings. The lowest BCUT2D eigenvalue weighted by Gasteiger charge is -2.11. The van der Waals surface area contributed by atoms with Gasteiger partial charge in [-0.05, 0) is 28.1 Å². The smallest absolute Gasteiger partial charge is 0.157 e. The van der Waals surface area contributed by atoms with E-state index in [1.165, 1.54) is 12.1 Å². The van der Waals surface area contributed by atoms with Gasteiger partial charge in [0, 0.05) is 11.6 Å². The molecule has 5 heteroatoms. The second-order valence-electron chi connectivity index (χ2n) is 3.69. The molecule has 0 aliphatic heterocycles. The van der Waals surface area contributed by atoms with Crippen LogP contribution in [0.5, 0.6) is 5.75 Å². The zero-order valence-corrected chi connectivity index (χ0v) is 10.9. The Bertz CT molecular complexity index is 552. The van der Waals surface area contributed by atoms with Crippen molar-refractivity contribution < 1.29 is 13.5 Å². The standard InChI is InChI=1S/C13H10BrF2NO/c14-10-5-9(15)6-12(17)13(10)18-7-8-3-1-2-4-11(8)16/h1-6H,7,17H2. The minimum absolute atomic E-state index is 0.0289. The third kappa shape index (κ3) is 2.79. The molecule has 0 heterocycles. The van der Waals surface area contributed by atoms with Gasteiger partial charge in [-0.1, -0.05) is 18.2 Å². The Kier molecular flexibility index (Phi) is 3.81. The van der Waals surface area contributed by atoms with E-state index in [0.717, 1.165) is 6.07 Å². The minimum Gasteiger partial charge on any atom is -0.485 e. The van der Waals surface area contributed by atoms with Crippen LogP contribution in [0, 0.1) is 11.6 Å². The van der Waals surface area contributed by atoms with Crippen LogP contribution < -0.4 is 10.5 Å². The molecule has 0 atom stereocenters. The molecule has 0 aliphatic carbocycles. The fourth-order valence-electron chi connectivity index (χ4n) is 1.50. The molecule has 0 aliphatic rings. The van der Waals surface area contributed by atoms with E-state index in [0.29, 0.717) is 15.8 Å². The molecule has 2 nitrogen and oxygen atoms in total. The second-order valence-corrected chi connectivity index (χ2v) is 4.54. The lowest BCUT2D eigenvalue weighted by atomic mass is 10.2. The van der Waals surface area contributed by atoms with Crippen LogP contribution in [0.3, 0.4) is 0 Å². The largest absolute Gasteiger partial charge is 0.485 e. The summed E-state index contributed by atoms with van der Waals surface area (Å²) in [7, 11) is 0. The van der Waals surface area contributed by atoms with Crippen molar-refractivity contribution in [3.05, 3.63) is 58.1 Å². The van der Waals surface area contributed by atoms with E-state index in [2.05, 4.69) is 15.9 Å². The molecule has 2 aromatic carbocycles. The van der Waals surface area contributed by atoms with Crippen LogP contribution in [0.1, 0.15) is 5.56 Å². The number of halogens is 3. The van der Waals surface area contributed by atoms with Crippen LogP contribution in [0.2, 0.25) is 0 Å². The van der Waals surface area contributed by atoms with Crippen molar-refractivity contribution in [2.45, 2.75) is 6.61 Å². The van der Waals surface area contributed by atoms with E-state index >= 15 is 0 Å². The summed E-state index contributed by atoms with van der Waals surface area (Å²) in [5, 5.41) is 0. The number of benzene rings is 2. The average Bonchev–Trinajstić information content (AvgIpc) is 2.30. The summed E-state index contributed by atoms with van der Waals surface area (Å²) in [4.78, 5) is 0. The summed E-state index contributed by atoms with van der Waals surface area (Å²) in [6.45, 7) is 0.0289. The number of hydrogen-bond donors (Lipinski definition) is 1. The van der Waals surface area contributed by atoms with Crippen molar-refractivity contribution in [3.63, 3.8) is 0 Å². The molecule has 2 N–H and O–H groups in total. The topological polar surface area (TPSA) is 35.2 Å². The quantitative estimate of drug-likeness (QED) is 0.873. The predicted molar refractivity (Wildman–Crippen MR) is 69.2 cm³/mol. The normalized spacial score (nSPS) is 10.4. The molecular formula is C13H10BrF2NO. The third-order valence-corrected chi connectivity index (χ3v) is 2.96. The first-order valence-corrected chi connectivity index (χ1v) is 5.98. The summed E-state index contributed by atoms with van der Waals surface area (Å²) in [5.41, 5.74) is 6.21. The molecule has 0 saturated carbocycles. The van der Waals surface area contributed by atoms with Gasteiger partial charge >= 0.3 is 0 Å². The Balaban J connectivity index is 2.19. The van der Waals surface area contributed by atoms with Gasteiger partial charge in [0.05, 0.1) is 10.2 Å². The Morgan fingerprint density at radius 2 is 1.89 bits per heavy atom. The maximum absolute atomic E-state index is 13.4. The van der Waals surface area contributed by atoms with E-state index in [1.807, 2.05) is 0 Å². The van der Waals surface area contributed by atoms with Crippen LogP contribution in [-0.2, 0) is 6.61 Å². The molecule has 2 rings (SSSR count). The fourth-order valence-corrected chi connectivity index (χ4v) is 2.06. The molecule has 0 aromatic heterocycles. The van der Waals surface area contributed by atoms with Crippen LogP contribution in [0.4, 0.5) is 14.5 Å². The highest BCUT2D eigenvalue weighted by Crippen LogP contribution is 2.33. The lowest BCUT2D eigenvalue weighted by Crippen LogP contribution is -2.02. The zero-order valence-electron chi connectivity index (χ0n) is 9.29. The molecule has 94 valence electrons. The Morgan fingerprint density at radius 1 is 1.17 bits per heavy atom. The summed E-state index contributed by atoms with van der Waals surface area (Å²) in [6, 6.07) is 8.67. The first-order valence-electron chi connectivity index (χ1n) is 5.18. The summed E-state index contributed by atoms with van der Waals surface area (Å²) in [6.07, 6.45) is 0. The summed E-state index contributed by atoms with van der Waals surface area (Å²) in [5.74, 6) is -0.508. The van der Waals surface area contributed by atoms with Crippen molar-refractivity contribution in [1.82, 2.24) is 0 Å². The van der Waals surface area contributed by atoms with Gasteiger partial charge in [-0.3, -0.25) is 0 Å². The maximum atomic E-state index is 13.4. The van der Waals surface area contributed by atoms with Crippen molar-refractivity contribution in [1.29, 1.82) is 0 Å². The maximum Gasteiger partial charge on any atom is 0.157 e. The molecule has 0 unspecified atom stereocenters. The second kappa shape index (κ2) is 5.35. The average molecular weight is 314 g/mol. The van der Waals surface area contributed by atoms with Crippen LogP contribution >= 0.6 is 15.9 Å². The van der Waals surface area contributed by atoms with Gasteiger partial charge in [0.2, 0.25) is 0 Å². The Hall–Kier alpha value is -1.62.